The maximum absolute atomic E-state index is 5.90. The van der Waals surface area contributed by atoms with E-state index in [0.717, 1.165) is 22.8 Å². The van der Waals surface area contributed by atoms with Crippen molar-refractivity contribution in [2.75, 3.05) is 0 Å². The van der Waals surface area contributed by atoms with Crippen molar-refractivity contribution in [1.29, 1.82) is 0 Å². The van der Waals surface area contributed by atoms with Crippen molar-refractivity contribution in [3.63, 3.8) is 0 Å². The number of thioether (sulfide) groups is 1. The lowest BCUT2D eigenvalue weighted by molar-refractivity contribution is 0.397. The predicted octanol–water partition coefficient (Wildman–Crippen LogP) is 3.92. The van der Waals surface area contributed by atoms with Gasteiger partial charge in [-0.1, -0.05) is 40.7 Å². The SMILES string of the molecule is Clc1ccc(-c2cc(CSc3nnnn3Cc3ccco3)on2)cc1. The average molecular weight is 374 g/mol. The van der Waals surface area contributed by atoms with Crippen molar-refractivity contribution in [2.45, 2.75) is 17.5 Å². The van der Waals surface area contributed by atoms with Crippen molar-refractivity contribution < 1.29 is 8.94 Å². The van der Waals surface area contributed by atoms with Crippen LogP contribution in [0.2, 0.25) is 5.02 Å². The molecule has 0 aliphatic carbocycles. The van der Waals surface area contributed by atoms with E-state index in [-0.39, 0.29) is 0 Å². The molecule has 0 bridgehead atoms. The van der Waals surface area contributed by atoms with E-state index in [9.17, 15) is 0 Å². The Morgan fingerprint density at radius 1 is 1.12 bits per heavy atom. The Morgan fingerprint density at radius 2 is 2.00 bits per heavy atom. The number of furan rings is 1. The molecule has 0 atom stereocenters. The Labute approximate surface area is 152 Å². The van der Waals surface area contributed by atoms with E-state index in [1.54, 1.807) is 10.9 Å². The van der Waals surface area contributed by atoms with Crippen LogP contribution in [0.5, 0.6) is 0 Å². The van der Waals surface area contributed by atoms with Gasteiger partial charge in [0.15, 0.2) is 0 Å². The summed E-state index contributed by atoms with van der Waals surface area (Å²) in [5.41, 5.74) is 1.72. The highest BCUT2D eigenvalue weighted by atomic mass is 35.5. The molecule has 0 unspecified atom stereocenters. The van der Waals surface area contributed by atoms with Gasteiger partial charge in [-0.05, 0) is 34.7 Å². The Balaban J connectivity index is 1.42. The molecule has 4 aromatic rings. The first-order valence-corrected chi connectivity index (χ1v) is 8.77. The van der Waals surface area contributed by atoms with Crippen LogP contribution in [0.1, 0.15) is 11.5 Å². The van der Waals surface area contributed by atoms with Gasteiger partial charge in [-0.25, -0.2) is 4.68 Å². The van der Waals surface area contributed by atoms with Gasteiger partial charge < -0.3 is 8.94 Å². The minimum absolute atomic E-state index is 0.481. The van der Waals surface area contributed by atoms with Gasteiger partial charge in [0.1, 0.15) is 23.8 Å². The third kappa shape index (κ3) is 3.75. The van der Waals surface area contributed by atoms with Gasteiger partial charge in [0.2, 0.25) is 5.16 Å². The number of hydrogen-bond acceptors (Lipinski definition) is 7. The van der Waals surface area contributed by atoms with Gasteiger partial charge in [0, 0.05) is 16.7 Å². The molecule has 9 heteroatoms. The molecule has 1 aromatic carbocycles. The summed E-state index contributed by atoms with van der Waals surface area (Å²) < 4.78 is 12.4. The Bertz CT molecular complexity index is 949. The van der Waals surface area contributed by atoms with Crippen LogP contribution in [0.25, 0.3) is 11.3 Å². The first-order chi connectivity index (χ1) is 12.3. The predicted molar refractivity (Wildman–Crippen MR) is 92.1 cm³/mol. The van der Waals surface area contributed by atoms with Gasteiger partial charge in [0.05, 0.1) is 12.0 Å². The molecule has 0 aliphatic rings. The molecular formula is C16H12ClN5O2S. The lowest BCUT2D eigenvalue weighted by Crippen LogP contribution is -2.02. The van der Waals surface area contributed by atoms with Crippen LogP contribution in [0, 0.1) is 0 Å². The summed E-state index contributed by atoms with van der Waals surface area (Å²) in [6.07, 6.45) is 1.62. The molecule has 126 valence electrons. The lowest BCUT2D eigenvalue weighted by Gasteiger charge is -2.00. The van der Waals surface area contributed by atoms with E-state index in [1.807, 2.05) is 42.5 Å². The largest absolute Gasteiger partial charge is 0.467 e. The summed E-state index contributed by atoms with van der Waals surface area (Å²) in [4.78, 5) is 0. The van der Waals surface area contributed by atoms with Crippen LogP contribution >= 0.6 is 23.4 Å². The van der Waals surface area contributed by atoms with Crippen LogP contribution < -0.4 is 0 Å². The molecular weight excluding hydrogens is 362 g/mol. The first kappa shape index (κ1) is 15.9. The molecule has 0 aliphatic heterocycles. The summed E-state index contributed by atoms with van der Waals surface area (Å²) >= 11 is 7.37. The molecule has 0 saturated heterocycles. The Morgan fingerprint density at radius 3 is 2.80 bits per heavy atom. The first-order valence-electron chi connectivity index (χ1n) is 7.41. The zero-order valence-electron chi connectivity index (χ0n) is 12.9. The van der Waals surface area contributed by atoms with Crippen LogP contribution in [0.4, 0.5) is 0 Å². The third-order valence-electron chi connectivity index (χ3n) is 3.43. The van der Waals surface area contributed by atoms with Crippen LogP contribution in [-0.2, 0) is 12.3 Å². The fourth-order valence-electron chi connectivity index (χ4n) is 2.22. The standard InChI is InChI=1S/C16H12ClN5O2S/c17-12-5-3-11(4-6-12)15-8-14(24-19-15)10-25-16-18-20-21-22(16)9-13-2-1-7-23-13/h1-8H,9-10H2. The van der Waals surface area contributed by atoms with Gasteiger partial charge in [-0.15, -0.1) is 5.10 Å². The zero-order valence-corrected chi connectivity index (χ0v) is 14.4. The quantitative estimate of drug-likeness (QED) is 0.474. The maximum atomic E-state index is 5.90. The van der Waals surface area contributed by atoms with E-state index in [4.69, 9.17) is 20.5 Å². The summed E-state index contributed by atoms with van der Waals surface area (Å²) in [5, 5.41) is 17.2. The lowest BCUT2D eigenvalue weighted by atomic mass is 10.1. The second-order valence-electron chi connectivity index (χ2n) is 5.17. The molecule has 4 rings (SSSR count). The number of aromatic nitrogens is 5. The molecule has 25 heavy (non-hydrogen) atoms. The van der Waals surface area contributed by atoms with E-state index in [0.29, 0.717) is 22.5 Å². The highest BCUT2D eigenvalue weighted by Crippen LogP contribution is 2.25. The Hall–Kier alpha value is -2.58. The fourth-order valence-corrected chi connectivity index (χ4v) is 3.10. The number of rotatable bonds is 6. The van der Waals surface area contributed by atoms with Crippen LogP contribution in [0.15, 0.2) is 62.8 Å². The third-order valence-corrected chi connectivity index (χ3v) is 4.66. The van der Waals surface area contributed by atoms with Crippen molar-refractivity contribution in [2.24, 2.45) is 0 Å². The number of benzene rings is 1. The van der Waals surface area contributed by atoms with Crippen LogP contribution in [0.3, 0.4) is 0 Å². The van der Waals surface area contributed by atoms with E-state index < -0.39 is 0 Å². The van der Waals surface area contributed by atoms with Crippen molar-refractivity contribution >= 4 is 23.4 Å². The number of halogens is 1. The Kier molecular flexibility index (Phi) is 4.53. The summed E-state index contributed by atoms with van der Waals surface area (Å²) in [6, 6.07) is 13.1. The topological polar surface area (TPSA) is 82.8 Å². The monoisotopic (exact) mass is 373 g/mol. The second kappa shape index (κ2) is 7.12. The molecule has 7 nitrogen and oxygen atoms in total. The van der Waals surface area contributed by atoms with Gasteiger partial charge in [0.25, 0.3) is 0 Å². The molecule has 3 heterocycles. The van der Waals surface area contributed by atoms with Crippen LogP contribution in [-0.4, -0.2) is 25.4 Å². The molecule has 0 spiro atoms. The average Bonchev–Trinajstić information content (AvgIpc) is 3.36. The van der Waals surface area contributed by atoms with Crippen molar-refractivity contribution in [1.82, 2.24) is 25.4 Å². The van der Waals surface area contributed by atoms with Gasteiger partial charge in [-0.3, -0.25) is 0 Å². The van der Waals surface area contributed by atoms with E-state index in [2.05, 4.69) is 20.7 Å². The minimum Gasteiger partial charge on any atom is -0.467 e. The molecule has 0 amide bonds. The molecule has 0 saturated carbocycles. The summed E-state index contributed by atoms with van der Waals surface area (Å²) in [5.74, 6) is 2.10. The highest BCUT2D eigenvalue weighted by Gasteiger charge is 2.12. The molecule has 0 N–H and O–H groups in total. The summed E-state index contributed by atoms with van der Waals surface area (Å²) in [6.45, 7) is 0.481. The zero-order chi connectivity index (χ0) is 17.1. The smallest absolute Gasteiger partial charge is 0.210 e. The fraction of sp³-hybridized carbons (Fsp3) is 0.125. The number of tetrazole rings is 1. The maximum Gasteiger partial charge on any atom is 0.210 e. The number of hydrogen-bond donors (Lipinski definition) is 0. The number of nitrogens with zero attached hydrogens (tertiary/aromatic N) is 5. The molecule has 0 radical (unpaired) electrons. The van der Waals surface area contributed by atoms with Crippen molar-refractivity contribution in [3.8, 4) is 11.3 Å². The summed E-state index contributed by atoms with van der Waals surface area (Å²) in [7, 11) is 0. The van der Waals surface area contributed by atoms with Crippen molar-refractivity contribution in [3.05, 3.63) is 65.3 Å². The molecule has 0 fully saturated rings. The van der Waals surface area contributed by atoms with E-state index in [1.165, 1.54) is 11.8 Å². The minimum atomic E-state index is 0.481. The van der Waals surface area contributed by atoms with Gasteiger partial charge in [-0.2, -0.15) is 0 Å². The second-order valence-corrected chi connectivity index (χ2v) is 6.55. The normalized spacial score (nSPS) is 11.1. The van der Waals surface area contributed by atoms with E-state index >= 15 is 0 Å². The molecule has 3 aromatic heterocycles. The highest BCUT2D eigenvalue weighted by molar-refractivity contribution is 7.98. The van der Waals surface area contributed by atoms with Gasteiger partial charge >= 0.3 is 0 Å².